The summed E-state index contributed by atoms with van der Waals surface area (Å²) in [6.07, 6.45) is 1.67. The van der Waals surface area contributed by atoms with Crippen LogP contribution in [-0.2, 0) is 0 Å². The van der Waals surface area contributed by atoms with E-state index in [1.807, 2.05) is 0 Å². The predicted molar refractivity (Wildman–Crippen MR) is 74.7 cm³/mol. The highest BCUT2D eigenvalue weighted by Gasteiger charge is 2.09. The zero-order chi connectivity index (χ0) is 12.4. The Morgan fingerprint density at radius 2 is 2.06 bits per heavy atom. The Morgan fingerprint density at radius 3 is 2.76 bits per heavy atom. The summed E-state index contributed by atoms with van der Waals surface area (Å²) >= 11 is 15.4. The molecule has 0 bridgehead atoms. The van der Waals surface area contributed by atoms with Gasteiger partial charge < -0.3 is 5.32 Å². The maximum atomic E-state index is 6.10. The molecule has 88 valence electrons. The van der Waals surface area contributed by atoms with Crippen molar-refractivity contribution in [1.29, 1.82) is 0 Å². The fraction of sp³-hybridized carbons (Fsp3) is 0.0909. The van der Waals surface area contributed by atoms with E-state index in [0.717, 1.165) is 4.47 Å². The summed E-state index contributed by atoms with van der Waals surface area (Å²) in [5.41, 5.74) is 0.711. The fourth-order valence-corrected chi connectivity index (χ4v) is 2.10. The molecule has 2 rings (SSSR count). The van der Waals surface area contributed by atoms with Crippen LogP contribution in [0, 0.1) is 0 Å². The van der Waals surface area contributed by atoms with Gasteiger partial charge in [0.05, 0.1) is 9.50 Å². The van der Waals surface area contributed by atoms with Gasteiger partial charge in [-0.25, -0.2) is 9.97 Å². The zero-order valence-corrected chi connectivity index (χ0v) is 11.9. The summed E-state index contributed by atoms with van der Waals surface area (Å²) in [5, 5.41) is 4.13. The molecule has 0 aliphatic carbocycles. The van der Waals surface area contributed by atoms with Crippen LogP contribution >= 0.6 is 39.1 Å². The minimum atomic E-state index is 0.532. The van der Waals surface area contributed by atoms with Crippen LogP contribution in [0.15, 0.2) is 28.9 Å². The van der Waals surface area contributed by atoms with E-state index < -0.39 is 0 Å². The van der Waals surface area contributed by atoms with Gasteiger partial charge in [-0.3, -0.25) is 0 Å². The van der Waals surface area contributed by atoms with E-state index in [9.17, 15) is 0 Å². The van der Waals surface area contributed by atoms with Crippen LogP contribution in [0.5, 0.6) is 0 Å². The summed E-state index contributed by atoms with van der Waals surface area (Å²) < 4.78 is 0.793. The molecule has 0 aliphatic rings. The molecular formula is C11H8BrCl2N3. The average Bonchev–Trinajstić information content (AvgIpc) is 2.33. The number of hydrogen-bond acceptors (Lipinski definition) is 3. The van der Waals surface area contributed by atoms with Gasteiger partial charge in [-0.2, -0.15) is 0 Å². The molecule has 0 saturated carbocycles. The van der Waals surface area contributed by atoms with Crippen LogP contribution in [-0.4, -0.2) is 17.0 Å². The number of nitrogens with zero attached hydrogens (tertiary/aromatic N) is 2. The van der Waals surface area contributed by atoms with E-state index in [1.165, 1.54) is 0 Å². The van der Waals surface area contributed by atoms with E-state index in [0.29, 0.717) is 27.3 Å². The van der Waals surface area contributed by atoms with Crippen molar-refractivity contribution in [3.63, 3.8) is 0 Å². The van der Waals surface area contributed by atoms with E-state index in [1.54, 1.807) is 31.4 Å². The van der Waals surface area contributed by atoms with E-state index >= 15 is 0 Å². The van der Waals surface area contributed by atoms with Crippen molar-refractivity contribution in [3.05, 3.63) is 38.9 Å². The standard InChI is InChI=1S/C11H8BrCl2N3/c1-15-11-8(12)5-16-10(17-11)7-4-6(13)2-3-9(7)14/h2-5H,1H3,(H,15,16,17). The molecule has 1 aromatic heterocycles. The highest BCUT2D eigenvalue weighted by atomic mass is 79.9. The van der Waals surface area contributed by atoms with Crippen LogP contribution in [0.4, 0.5) is 5.82 Å². The van der Waals surface area contributed by atoms with Gasteiger partial charge in [0.25, 0.3) is 0 Å². The van der Waals surface area contributed by atoms with Gasteiger partial charge in [0.1, 0.15) is 5.82 Å². The first kappa shape index (κ1) is 12.6. The maximum absolute atomic E-state index is 6.10. The quantitative estimate of drug-likeness (QED) is 0.893. The first-order chi connectivity index (χ1) is 8.11. The Balaban J connectivity index is 2.56. The van der Waals surface area contributed by atoms with Gasteiger partial charge in [0.15, 0.2) is 5.82 Å². The summed E-state index contributed by atoms with van der Waals surface area (Å²) in [5.74, 6) is 1.23. The van der Waals surface area contributed by atoms with Gasteiger partial charge >= 0.3 is 0 Å². The molecule has 3 nitrogen and oxygen atoms in total. The van der Waals surface area contributed by atoms with Crippen molar-refractivity contribution in [2.75, 3.05) is 12.4 Å². The van der Waals surface area contributed by atoms with Crippen molar-refractivity contribution in [2.45, 2.75) is 0 Å². The van der Waals surface area contributed by atoms with E-state index in [4.69, 9.17) is 23.2 Å². The first-order valence-electron chi connectivity index (χ1n) is 4.77. The third-order valence-corrected chi connectivity index (χ3v) is 3.30. The third kappa shape index (κ3) is 2.70. The monoisotopic (exact) mass is 331 g/mol. The van der Waals surface area contributed by atoms with Crippen molar-refractivity contribution in [3.8, 4) is 11.4 Å². The maximum Gasteiger partial charge on any atom is 0.163 e. The number of halogens is 3. The molecule has 0 spiro atoms. The minimum absolute atomic E-state index is 0.532. The van der Waals surface area contributed by atoms with E-state index in [-0.39, 0.29) is 0 Å². The van der Waals surface area contributed by atoms with Crippen LogP contribution < -0.4 is 5.32 Å². The molecular weight excluding hydrogens is 325 g/mol. The van der Waals surface area contributed by atoms with E-state index in [2.05, 4.69) is 31.2 Å². The predicted octanol–water partition coefficient (Wildman–Crippen LogP) is 4.25. The lowest BCUT2D eigenvalue weighted by atomic mass is 10.2. The molecule has 0 fully saturated rings. The van der Waals surface area contributed by atoms with Crippen LogP contribution in [0.25, 0.3) is 11.4 Å². The fourth-order valence-electron chi connectivity index (χ4n) is 1.34. The molecule has 6 heteroatoms. The Hall–Kier alpha value is -0.840. The molecule has 0 atom stereocenters. The number of aromatic nitrogens is 2. The molecule has 17 heavy (non-hydrogen) atoms. The summed E-state index contributed by atoms with van der Waals surface area (Å²) in [6.45, 7) is 0. The summed E-state index contributed by atoms with van der Waals surface area (Å²) in [4.78, 5) is 8.57. The Kier molecular flexibility index (Phi) is 3.86. The third-order valence-electron chi connectivity index (χ3n) is 2.15. The van der Waals surface area contributed by atoms with Crippen LogP contribution in [0.1, 0.15) is 0 Å². The largest absolute Gasteiger partial charge is 0.372 e. The Morgan fingerprint density at radius 1 is 1.29 bits per heavy atom. The molecule has 0 saturated heterocycles. The molecule has 1 aromatic carbocycles. The molecule has 0 unspecified atom stereocenters. The second-order valence-electron chi connectivity index (χ2n) is 3.26. The average molecular weight is 333 g/mol. The summed E-state index contributed by atoms with van der Waals surface area (Å²) in [7, 11) is 1.79. The van der Waals surface area contributed by atoms with Crippen molar-refractivity contribution < 1.29 is 0 Å². The molecule has 2 aromatic rings. The lowest BCUT2D eigenvalue weighted by Crippen LogP contribution is -1.97. The number of nitrogens with one attached hydrogen (secondary N) is 1. The van der Waals surface area contributed by atoms with Gasteiger partial charge in [0, 0.05) is 23.8 Å². The number of benzene rings is 1. The second kappa shape index (κ2) is 5.21. The van der Waals surface area contributed by atoms with Gasteiger partial charge in [-0.1, -0.05) is 23.2 Å². The number of hydrogen-bond donors (Lipinski definition) is 1. The van der Waals surface area contributed by atoms with Crippen molar-refractivity contribution in [1.82, 2.24) is 9.97 Å². The van der Waals surface area contributed by atoms with Gasteiger partial charge in [-0.05, 0) is 34.1 Å². The zero-order valence-electron chi connectivity index (χ0n) is 8.84. The SMILES string of the molecule is CNc1nc(-c2cc(Cl)ccc2Cl)ncc1Br. The molecule has 0 amide bonds. The highest BCUT2D eigenvalue weighted by Crippen LogP contribution is 2.30. The molecule has 1 N–H and O–H groups in total. The smallest absolute Gasteiger partial charge is 0.163 e. The van der Waals surface area contributed by atoms with Gasteiger partial charge in [0.2, 0.25) is 0 Å². The molecule has 0 aliphatic heterocycles. The lowest BCUT2D eigenvalue weighted by Gasteiger charge is -2.07. The minimum Gasteiger partial charge on any atom is -0.372 e. The molecule has 0 radical (unpaired) electrons. The molecule has 1 heterocycles. The topological polar surface area (TPSA) is 37.8 Å². The Labute approximate surface area is 117 Å². The summed E-state index contributed by atoms with van der Waals surface area (Å²) in [6, 6.07) is 5.20. The second-order valence-corrected chi connectivity index (χ2v) is 4.96. The van der Waals surface area contributed by atoms with Crippen LogP contribution in [0.3, 0.4) is 0 Å². The number of anilines is 1. The van der Waals surface area contributed by atoms with Crippen molar-refractivity contribution in [2.24, 2.45) is 0 Å². The Bertz CT molecular complexity index is 560. The first-order valence-corrected chi connectivity index (χ1v) is 6.32. The normalized spacial score (nSPS) is 10.4. The highest BCUT2D eigenvalue weighted by molar-refractivity contribution is 9.10. The number of rotatable bonds is 2. The van der Waals surface area contributed by atoms with Crippen LogP contribution in [0.2, 0.25) is 10.0 Å². The van der Waals surface area contributed by atoms with Gasteiger partial charge in [-0.15, -0.1) is 0 Å². The van der Waals surface area contributed by atoms with Crippen molar-refractivity contribution >= 4 is 44.9 Å². The lowest BCUT2D eigenvalue weighted by molar-refractivity contribution is 1.15.